The summed E-state index contributed by atoms with van der Waals surface area (Å²) in [5, 5.41) is 6.28. The molecule has 0 aliphatic carbocycles. The summed E-state index contributed by atoms with van der Waals surface area (Å²) in [4.78, 5) is 41.5. The van der Waals surface area contributed by atoms with Gasteiger partial charge in [0.2, 0.25) is 11.8 Å². The van der Waals surface area contributed by atoms with Gasteiger partial charge in [-0.25, -0.2) is 5.01 Å². The van der Waals surface area contributed by atoms with Crippen LogP contribution >= 0.6 is 11.6 Å². The van der Waals surface area contributed by atoms with Gasteiger partial charge in [-0.15, -0.1) is 0 Å². The zero-order valence-corrected chi connectivity index (χ0v) is 21.0. The molecular formula is C26H31ClN4O3. The molecule has 0 unspecified atom stereocenters. The second-order valence-corrected chi connectivity index (χ2v) is 9.34. The number of amides is 3. The summed E-state index contributed by atoms with van der Waals surface area (Å²) in [6, 6.07) is 14.3. The molecule has 2 aromatic rings. The van der Waals surface area contributed by atoms with Crippen molar-refractivity contribution < 1.29 is 14.4 Å². The van der Waals surface area contributed by atoms with Crippen molar-refractivity contribution in [2.45, 2.75) is 52.6 Å². The fourth-order valence-electron chi connectivity index (χ4n) is 3.99. The van der Waals surface area contributed by atoms with E-state index < -0.39 is 0 Å². The number of carbonyl (C=O) groups excluding carboxylic acids is 3. The first-order chi connectivity index (χ1) is 16.1. The molecule has 3 amide bonds. The Morgan fingerprint density at radius 2 is 1.56 bits per heavy atom. The van der Waals surface area contributed by atoms with Gasteiger partial charge < -0.3 is 9.80 Å². The van der Waals surface area contributed by atoms with Gasteiger partial charge in [-0.3, -0.25) is 14.4 Å². The molecule has 0 saturated carbocycles. The molecule has 0 spiro atoms. The molecule has 0 radical (unpaired) electrons. The number of benzene rings is 2. The topological polar surface area (TPSA) is 73.3 Å². The van der Waals surface area contributed by atoms with Crippen LogP contribution in [-0.2, 0) is 9.59 Å². The van der Waals surface area contributed by atoms with Crippen molar-refractivity contribution in [3.63, 3.8) is 0 Å². The third-order valence-corrected chi connectivity index (χ3v) is 6.04. The lowest BCUT2D eigenvalue weighted by atomic mass is 10.0. The van der Waals surface area contributed by atoms with Crippen LogP contribution in [-0.4, -0.2) is 59.0 Å². The quantitative estimate of drug-likeness (QED) is 0.579. The summed E-state index contributed by atoms with van der Waals surface area (Å²) in [5.74, 6) is -0.518. The van der Waals surface area contributed by atoms with Crippen molar-refractivity contribution in [2.24, 2.45) is 5.10 Å². The number of carbonyl (C=O) groups is 3. The fourth-order valence-corrected chi connectivity index (χ4v) is 4.12. The van der Waals surface area contributed by atoms with E-state index >= 15 is 0 Å². The number of halogens is 1. The maximum Gasteiger partial charge on any atom is 0.254 e. The second kappa shape index (κ2) is 10.8. The van der Waals surface area contributed by atoms with Crippen LogP contribution in [0.15, 0.2) is 53.6 Å². The minimum Gasteiger partial charge on any atom is -0.334 e. The molecule has 1 aliphatic heterocycles. The minimum absolute atomic E-state index is 0.0477. The summed E-state index contributed by atoms with van der Waals surface area (Å²) in [6.45, 7) is 7.79. The number of rotatable bonds is 7. The lowest BCUT2D eigenvalue weighted by molar-refractivity contribution is -0.135. The van der Waals surface area contributed by atoms with E-state index in [0.29, 0.717) is 22.7 Å². The van der Waals surface area contributed by atoms with Gasteiger partial charge in [0.15, 0.2) is 0 Å². The SMILES string of the molecule is CC(C)N(C(=O)c1ccc(N(C)C(=O)CN2N=C(c3ccc(Cl)cc3)CCC2=O)cc1)C(C)C. The molecule has 3 rings (SSSR count). The Morgan fingerprint density at radius 1 is 0.971 bits per heavy atom. The van der Waals surface area contributed by atoms with E-state index in [1.165, 1.54) is 9.91 Å². The molecule has 2 aromatic carbocycles. The highest BCUT2D eigenvalue weighted by atomic mass is 35.5. The normalized spacial score (nSPS) is 13.8. The van der Waals surface area contributed by atoms with Crippen molar-refractivity contribution in [2.75, 3.05) is 18.5 Å². The summed E-state index contributed by atoms with van der Waals surface area (Å²) < 4.78 is 0. The van der Waals surface area contributed by atoms with E-state index in [-0.39, 0.29) is 42.8 Å². The van der Waals surface area contributed by atoms with E-state index in [1.54, 1.807) is 43.4 Å². The van der Waals surface area contributed by atoms with Gasteiger partial charge >= 0.3 is 0 Å². The number of hydrogen-bond donors (Lipinski definition) is 0. The van der Waals surface area contributed by atoms with E-state index in [9.17, 15) is 14.4 Å². The van der Waals surface area contributed by atoms with Crippen molar-refractivity contribution in [3.05, 3.63) is 64.7 Å². The maximum absolute atomic E-state index is 12.9. The van der Waals surface area contributed by atoms with Crippen LogP contribution in [0.2, 0.25) is 5.02 Å². The largest absolute Gasteiger partial charge is 0.334 e. The van der Waals surface area contributed by atoms with Crippen LogP contribution < -0.4 is 4.90 Å². The number of anilines is 1. The molecule has 0 saturated heterocycles. The van der Waals surface area contributed by atoms with Crippen molar-refractivity contribution in [1.29, 1.82) is 0 Å². The molecular weight excluding hydrogens is 452 g/mol. The van der Waals surface area contributed by atoms with Gasteiger partial charge in [-0.2, -0.15) is 5.10 Å². The predicted octanol–water partition coefficient (Wildman–Crippen LogP) is 4.59. The minimum atomic E-state index is -0.278. The van der Waals surface area contributed by atoms with Crippen LogP contribution in [0.1, 0.15) is 56.5 Å². The molecule has 0 atom stereocenters. The van der Waals surface area contributed by atoms with Crippen molar-refractivity contribution in [1.82, 2.24) is 9.91 Å². The fraction of sp³-hybridized carbons (Fsp3) is 0.385. The highest BCUT2D eigenvalue weighted by molar-refractivity contribution is 6.30. The molecule has 1 aliphatic rings. The Kier molecular flexibility index (Phi) is 8.10. The van der Waals surface area contributed by atoms with Gasteiger partial charge in [-0.05, 0) is 69.7 Å². The van der Waals surface area contributed by atoms with Gasteiger partial charge in [0, 0.05) is 48.2 Å². The number of hydrazone groups is 1. The first-order valence-electron chi connectivity index (χ1n) is 11.4. The molecule has 1 heterocycles. The van der Waals surface area contributed by atoms with Crippen LogP contribution in [0.5, 0.6) is 0 Å². The van der Waals surface area contributed by atoms with Crippen LogP contribution in [0.25, 0.3) is 0 Å². The van der Waals surface area contributed by atoms with Gasteiger partial charge in [-0.1, -0.05) is 23.7 Å². The molecule has 7 nitrogen and oxygen atoms in total. The first-order valence-corrected chi connectivity index (χ1v) is 11.8. The van der Waals surface area contributed by atoms with Crippen molar-refractivity contribution >= 4 is 40.7 Å². The summed E-state index contributed by atoms with van der Waals surface area (Å²) in [7, 11) is 1.64. The Balaban J connectivity index is 1.71. The lowest BCUT2D eigenvalue weighted by Gasteiger charge is -2.31. The van der Waals surface area contributed by atoms with Gasteiger partial charge in [0.25, 0.3) is 5.91 Å². The predicted molar refractivity (Wildman–Crippen MR) is 135 cm³/mol. The Morgan fingerprint density at radius 3 is 2.12 bits per heavy atom. The van der Waals surface area contributed by atoms with E-state index in [2.05, 4.69) is 5.10 Å². The van der Waals surface area contributed by atoms with Gasteiger partial charge in [0.05, 0.1) is 5.71 Å². The highest BCUT2D eigenvalue weighted by Crippen LogP contribution is 2.20. The Bertz CT molecular complexity index is 1070. The second-order valence-electron chi connectivity index (χ2n) is 8.90. The summed E-state index contributed by atoms with van der Waals surface area (Å²) in [5.41, 5.74) is 2.82. The summed E-state index contributed by atoms with van der Waals surface area (Å²) in [6.07, 6.45) is 0.803. The van der Waals surface area contributed by atoms with E-state index in [0.717, 1.165) is 11.3 Å². The third-order valence-electron chi connectivity index (χ3n) is 5.79. The van der Waals surface area contributed by atoms with E-state index in [4.69, 9.17) is 11.6 Å². The molecule has 180 valence electrons. The first kappa shape index (κ1) is 25.4. The van der Waals surface area contributed by atoms with Gasteiger partial charge in [0.1, 0.15) is 6.54 Å². The molecule has 0 N–H and O–H groups in total. The van der Waals surface area contributed by atoms with Crippen LogP contribution in [0.3, 0.4) is 0 Å². The monoisotopic (exact) mass is 482 g/mol. The zero-order valence-electron chi connectivity index (χ0n) is 20.3. The maximum atomic E-state index is 12.9. The van der Waals surface area contributed by atoms with E-state index in [1.807, 2.05) is 44.7 Å². The number of nitrogens with zero attached hydrogens (tertiary/aromatic N) is 4. The standard InChI is InChI=1S/C26H31ClN4O3/c1-17(2)31(18(3)4)26(34)20-8-12-22(13-9-20)29(5)25(33)16-30-24(32)15-14-23(28-30)19-6-10-21(27)11-7-19/h6-13,17-18H,14-16H2,1-5H3. The molecule has 34 heavy (non-hydrogen) atoms. The molecule has 0 fully saturated rings. The highest BCUT2D eigenvalue weighted by Gasteiger charge is 2.26. The van der Waals surface area contributed by atoms with Crippen LogP contribution in [0.4, 0.5) is 5.69 Å². The van der Waals surface area contributed by atoms with Crippen LogP contribution in [0, 0.1) is 0 Å². The summed E-state index contributed by atoms with van der Waals surface area (Å²) >= 11 is 5.96. The van der Waals surface area contributed by atoms with Crippen molar-refractivity contribution in [3.8, 4) is 0 Å². The Labute approximate surface area is 206 Å². The zero-order chi connectivity index (χ0) is 25.0. The third kappa shape index (κ3) is 5.83. The average molecular weight is 483 g/mol. The molecule has 0 bridgehead atoms. The number of hydrogen-bond acceptors (Lipinski definition) is 4. The number of likely N-dealkylation sites (N-methyl/N-ethyl adjacent to an activating group) is 1. The Hall–Kier alpha value is -3.19. The lowest BCUT2D eigenvalue weighted by Crippen LogP contribution is -2.42. The average Bonchev–Trinajstić information content (AvgIpc) is 2.80. The molecule has 0 aromatic heterocycles. The molecule has 8 heteroatoms. The smallest absolute Gasteiger partial charge is 0.254 e.